The summed E-state index contributed by atoms with van der Waals surface area (Å²) in [4.78, 5) is 34.1. The van der Waals surface area contributed by atoms with Crippen molar-refractivity contribution in [3.63, 3.8) is 0 Å². The molecule has 130 valence electrons. The summed E-state index contributed by atoms with van der Waals surface area (Å²) in [6.07, 6.45) is 3.95. The molecule has 9 heteroatoms. The molecule has 25 heavy (non-hydrogen) atoms. The zero-order valence-corrected chi connectivity index (χ0v) is 13.6. The lowest BCUT2D eigenvalue weighted by molar-refractivity contribution is -0.384. The van der Waals surface area contributed by atoms with Crippen LogP contribution in [0.15, 0.2) is 36.5 Å². The highest BCUT2D eigenvalue weighted by Gasteiger charge is 2.18. The Bertz CT molecular complexity index is 841. The van der Waals surface area contributed by atoms with Gasteiger partial charge in [-0.3, -0.25) is 19.6 Å². The average Bonchev–Trinajstić information content (AvgIpc) is 2.94. The first-order valence-electron chi connectivity index (χ1n) is 7.35. The number of benzene rings is 1. The third-order valence-corrected chi connectivity index (χ3v) is 3.18. The molecule has 0 unspecified atom stereocenters. The van der Waals surface area contributed by atoms with Crippen LogP contribution in [-0.2, 0) is 16.6 Å². The number of aromatic nitrogens is 2. The van der Waals surface area contributed by atoms with E-state index in [9.17, 15) is 19.7 Å². The lowest BCUT2D eigenvalue weighted by Gasteiger charge is -2.06. The van der Waals surface area contributed by atoms with E-state index in [0.717, 1.165) is 0 Å². The van der Waals surface area contributed by atoms with Crippen molar-refractivity contribution in [2.24, 2.45) is 7.05 Å². The highest BCUT2D eigenvalue weighted by atomic mass is 16.6. The van der Waals surface area contributed by atoms with Crippen LogP contribution in [-0.4, -0.2) is 33.2 Å². The van der Waals surface area contributed by atoms with Gasteiger partial charge < -0.3 is 10.1 Å². The summed E-state index contributed by atoms with van der Waals surface area (Å²) >= 11 is 0. The molecule has 0 aliphatic heterocycles. The standard InChI is InChI=1S/C16H16N4O5/c1-3-25-16(22)13-10-17-19(2)15(13)18-14(21)8-7-11-5-4-6-12(9-11)20(23)24/h4-10H,3H2,1-2H3,(H,18,21)/b8-7+. The Kier molecular flexibility index (Phi) is 5.62. The number of hydrogen-bond donors (Lipinski definition) is 1. The summed E-state index contributed by atoms with van der Waals surface area (Å²) in [5.74, 6) is -0.902. The van der Waals surface area contributed by atoms with Crippen LogP contribution in [0.4, 0.5) is 11.5 Å². The number of amides is 1. The minimum Gasteiger partial charge on any atom is -0.462 e. The van der Waals surface area contributed by atoms with Gasteiger partial charge in [0.1, 0.15) is 11.4 Å². The van der Waals surface area contributed by atoms with Crippen molar-refractivity contribution < 1.29 is 19.2 Å². The summed E-state index contributed by atoms with van der Waals surface area (Å²) in [6, 6.07) is 5.86. The average molecular weight is 344 g/mol. The molecule has 0 radical (unpaired) electrons. The topological polar surface area (TPSA) is 116 Å². The number of aryl methyl sites for hydroxylation is 1. The number of carbonyl (C=O) groups excluding carboxylic acids is 2. The van der Waals surface area contributed by atoms with Crippen LogP contribution in [0.3, 0.4) is 0 Å². The molecule has 0 atom stereocenters. The quantitative estimate of drug-likeness (QED) is 0.371. The number of non-ortho nitro benzene ring substituents is 1. The molecule has 1 N–H and O–H groups in total. The molecule has 1 aromatic heterocycles. The Balaban J connectivity index is 2.13. The van der Waals surface area contributed by atoms with Crippen LogP contribution in [0.2, 0.25) is 0 Å². The number of carbonyl (C=O) groups is 2. The summed E-state index contributed by atoms with van der Waals surface area (Å²) in [6.45, 7) is 1.88. The fourth-order valence-electron chi connectivity index (χ4n) is 2.02. The zero-order chi connectivity index (χ0) is 18.4. The van der Waals surface area contributed by atoms with Crippen molar-refractivity contribution in [1.82, 2.24) is 9.78 Å². The van der Waals surface area contributed by atoms with Crippen LogP contribution in [0.5, 0.6) is 0 Å². The van der Waals surface area contributed by atoms with E-state index in [1.807, 2.05) is 0 Å². The number of anilines is 1. The number of ether oxygens (including phenoxy) is 1. The van der Waals surface area contributed by atoms with Gasteiger partial charge in [-0.05, 0) is 18.6 Å². The number of esters is 1. The van der Waals surface area contributed by atoms with Gasteiger partial charge in [0.15, 0.2) is 0 Å². The van der Waals surface area contributed by atoms with Gasteiger partial charge in [0.25, 0.3) is 5.69 Å². The third kappa shape index (κ3) is 4.50. The van der Waals surface area contributed by atoms with Gasteiger partial charge in [0.2, 0.25) is 5.91 Å². The minimum atomic E-state index is -0.589. The molecule has 2 rings (SSSR count). The Morgan fingerprint density at radius 1 is 1.44 bits per heavy atom. The minimum absolute atomic E-state index is 0.0706. The number of nitrogens with one attached hydrogen (secondary N) is 1. The van der Waals surface area contributed by atoms with Crippen molar-refractivity contribution in [3.05, 3.63) is 57.8 Å². The second kappa shape index (κ2) is 7.86. The number of rotatable bonds is 6. The second-order valence-corrected chi connectivity index (χ2v) is 4.93. The van der Waals surface area contributed by atoms with E-state index in [1.54, 1.807) is 20.0 Å². The third-order valence-electron chi connectivity index (χ3n) is 3.18. The highest BCUT2D eigenvalue weighted by Crippen LogP contribution is 2.16. The van der Waals surface area contributed by atoms with Crippen molar-refractivity contribution in [1.29, 1.82) is 0 Å². The lowest BCUT2D eigenvalue weighted by Crippen LogP contribution is -2.15. The van der Waals surface area contributed by atoms with Gasteiger partial charge in [0.05, 0.1) is 17.7 Å². The molecule has 9 nitrogen and oxygen atoms in total. The van der Waals surface area contributed by atoms with E-state index in [-0.39, 0.29) is 23.7 Å². The Morgan fingerprint density at radius 2 is 2.20 bits per heavy atom. The first-order chi connectivity index (χ1) is 11.9. The molecule has 1 aromatic carbocycles. The summed E-state index contributed by atoms with van der Waals surface area (Å²) < 4.78 is 6.24. The van der Waals surface area contributed by atoms with Gasteiger partial charge in [-0.15, -0.1) is 0 Å². The predicted octanol–water partition coefficient (Wildman–Crippen LogP) is 2.16. The normalized spacial score (nSPS) is 10.6. The van der Waals surface area contributed by atoms with Crippen molar-refractivity contribution in [2.45, 2.75) is 6.92 Å². The van der Waals surface area contributed by atoms with Crippen LogP contribution < -0.4 is 5.32 Å². The van der Waals surface area contributed by atoms with Crippen molar-refractivity contribution >= 4 is 29.5 Å². The van der Waals surface area contributed by atoms with Crippen LogP contribution in [0.25, 0.3) is 6.08 Å². The predicted molar refractivity (Wildman–Crippen MR) is 89.9 cm³/mol. The monoisotopic (exact) mass is 344 g/mol. The van der Waals surface area contributed by atoms with E-state index in [0.29, 0.717) is 5.56 Å². The SMILES string of the molecule is CCOC(=O)c1cnn(C)c1NC(=O)/C=C/c1cccc([N+](=O)[O-])c1. The van der Waals surface area contributed by atoms with E-state index in [4.69, 9.17) is 4.74 Å². The Morgan fingerprint density at radius 3 is 2.88 bits per heavy atom. The van der Waals surface area contributed by atoms with Crippen LogP contribution in [0, 0.1) is 10.1 Å². The maximum Gasteiger partial charge on any atom is 0.343 e. The number of nitrogens with zero attached hydrogens (tertiary/aromatic N) is 3. The fraction of sp³-hybridized carbons (Fsp3) is 0.188. The first kappa shape index (κ1) is 17.9. The molecule has 0 fully saturated rings. The first-order valence-corrected chi connectivity index (χ1v) is 7.35. The largest absolute Gasteiger partial charge is 0.462 e. The molecule has 1 amide bonds. The highest BCUT2D eigenvalue weighted by molar-refractivity contribution is 6.05. The van der Waals surface area contributed by atoms with Crippen LogP contribution in [0.1, 0.15) is 22.8 Å². The summed E-state index contributed by atoms with van der Waals surface area (Å²) in [7, 11) is 1.57. The second-order valence-electron chi connectivity index (χ2n) is 4.93. The molecule has 0 aliphatic carbocycles. The smallest absolute Gasteiger partial charge is 0.343 e. The molecule has 0 saturated carbocycles. The Hall–Kier alpha value is -3.49. The van der Waals surface area contributed by atoms with Gasteiger partial charge in [-0.25, -0.2) is 4.79 Å². The molecule has 1 heterocycles. The number of nitro groups is 1. The fourth-order valence-corrected chi connectivity index (χ4v) is 2.02. The molecular weight excluding hydrogens is 328 g/mol. The maximum atomic E-state index is 12.1. The van der Waals surface area contributed by atoms with Crippen molar-refractivity contribution in [2.75, 3.05) is 11.9 Å². The Labute approximate surface area is 143 Å². The van der Waals surface area contributed by atoms with E-state index in [1.165, 1.54) is 41.2 Å². The number of nitro benzene ring substituents is 1. The summed E-state index contributed by atoms with van der Waals surface area (Å²) in [5.41, 5.74) is 0.570. The lowest BCUT2D eigenvalue weighted by atomic mass is 10.2. The summed E-state index contributed by atoms with van der Waals surface area (Å²) in [5, 5.41) is 17.2. The maximum absolute atomic E-state index is 12.1. The van der Waals surface area contributed by atoms with Crippen LogP contribution >= 0.6 is 0 Å². The molecule has 0 saturated heterocycles. The molecular formula is C16H16N4O5. The van der Waals surface area contributed by atoms with Gasteiger partial charge in [-0.2, -0.15) is 5.10 Å². The molecule has 0 bridgehead atoms. The van der Waals surface area contributed by atoms with Gasteiger partial charge in [-0.1, -0.05) is 12.1 Å². The molecule has 0 spiro atoms. The molecule has 0 aliphatic rings. The van der Waals surface area contributed by atoms with E-state index >= 15 is 0 Å². The van der Waals surface area contributed by atoms with Gasteiger partial charge in [0, 0.05) is 25.3 Å². The van der Waals surface area contributed by atoms with Gasteiger partial charge >= 0.3 is 5.97 Å². The van der Waals surface area contributed by atoms with E-state index < -0.39 is 16.8 Å². The molecule has 2 aromatic rings. The zero-order valence-electron chi connectivity index (χ0n) is 13.6. The van der Waals surface area contributed by atoms with Crippen molar-refractivity contribution in [3.8, 4) is 0 Å². The number of hydrogen-bond acceptors (Lipinski definition) is 6. The van der Waals surface area contributed by atoms with E-state index in [2.05, 4.69) is 10.4 Å².